The molecule has 0 spiro atoms. The van der Waals surface area contributed by atoms with Crippen molar-refractivity contribution in [3.63, 3.8) is 0 Å². The molecule has 2 heteroatoms. The van der Waals surface area contributed by atoms with Gasteiger partial charge in [0, 0.05) is 21.7 Å². The molecule has 0 aliphatic rings. The highest BCUT2D eigenvalue weighted by molar-refractivity contribution is 6.30. The first-order valence-electron chi connectivity index (χ1n) is 12.0. The number of halogens is 1. The SMILES string of the molecule is Cc1ccc(-c2nc(-c3ccc(C)c(C)c3)c(Cc3ccccc3)cc2-c2ccc(Cl)cc2)cc1. The van der Waals surface area contributed by atoms with Crippen molar-refractivity contribution in [1.29, 1.82) is 0 Å². The molecule has 0 atom stereocenters. The zero-order valence-electron chi connectivity index (χ0n) is 20.3. The Morgan fingerprint density at radius 1 is 0.600 bits per heavy atom. The standard InChI is InChI=1S/C33H28ClN/c1-22-9-12-27(13-10-22)33-31(26-15-17-30(34)18-16-26)21-29(20-25-7-5-4-6-8-25)32(35-33)28-14-11-23(2)24(3)19-28/h4-19,21H,20H2,1-3H3. The lowest BCUT2D eigenvalue weighted by Crippen LogP contribution is -2.01. The van der Waals surface area contributed by atoms with Crippen LogP contribution < -0.4 is 0 Å². The molecule has 172 valence electrons. The monoisotopic (exact) mass is 473 g/mol. The number of hydrogen-bond acceptors (Lipinski definition) is 1. The molecule has 1 heterocycles. The Labute approximate surface area is 213 Å². The molecule has 5 aromatic rings. The summed E-state index contributed by atoms with van der Waals surface area (Å²) < 4.78 is 0. The summed E-state index contributed by atoms with van der Waals surface area (Å²) in [4.78, 5) is 5.38. The highest BCUT2D eigenvalue weighted by Gasteiger charge is 2.17. The molecule has 1 nitrogen and oxygen atoms in total. The summed E-state index contributed by atoms with van der Waals surface area (Å²) in [6, 6.07) is 36.3. The summed E-state index contributed by atoms with van der Waals surface area (Å²) in [7, 11) is 0. The molecule has 35 heavy (non-hydrogen) atoms. The second-order valence-electron chi connectivity index (χ2n) is 9.23. The largest absolute Gasteiger partial charge is 0.247 e. The fourth-order valence-corrected chi connectivity index (χ4v) is 4.55. The van der Waals surface area contributed by atoms with E-state index in [2.05, 4.69) is 112 Å². The van der Waals surface area contributed by atoms with Gasteiger partial charge in [0.2, 0.25) is 0 Å². The van der Waals surface area contributed by atoms with Crippen LogP contribution in [-0.2, 0) is 6.42 Å². The van der Waals surface area contributed by atoms with Gasteiger partial charge in [-0.1, -0.05) is 96.0 Å². The van der Waals surface area contributed by atoms with Gasteiger partial charge in [-0.3, -0.25) is 0 Å². The normalized spacial score (nSPS) is 11.0. The predicted octanol–water partition coefficient (Wildman–Crippen LogP) is 9.25. The first-order chi connectivity index (χ1) is 17.0. The summed E-state index contributed by atoms with van der Waals surface area (Å²) in [5.41, 5.74) is 12.8. The van der Waals surface area contributed by atoms with E-state index in [1.54, 1.807) is 0 Å². The molecule has 5 rings (SSSR count). The molecule has 0 unspecified atom stereocenters. The first-order valence-corrected chi connectivity index (χ1v) is 12.3. The maximum atomic E-state index is 6.23. The molecule has 0 aliphatic carbocycles. The van der Waals surface area contributed by atoms with Gasteiger partial charge in [-0.25, -0.2) is 4.98 Å². The van der Waals surface area contributed by atoms with Crippen LogP contribution in [0.1, 0.15) is 27.8 Å². The van der Waals surface area contributed by atoms with E-state index in [1.165, 1.54) is 27.8 Å². The number of benzene rings is 4. The molecule has 0 saturated carbocycles. The van der Waals surface area contributed by atoms with E-state index < -0.39 is 0 Å². The average Bonchev–Trinajstić information content (AvgIpc) is 2.87. The minimum atomic E-state index is 0.731. The van der Waals surface area contributed by atoms with Gasteiger partial charge in [-0.05, 0) is 79.3 Å². The smallest absolute Gasteiger partial charge is 0.0788 e. The van der Waals surface area contributed by atoms with Crippen molar-refractivity contribution in [2.24, 2.45) is 0 Å². The van der Waals surface area contributed by atoms with Crippen LogP contribution in [0.2, 0.25) is 5.02 Å². The molecule has 0 saturated heterocycles. The number of aromatic nitrogens is 1. The van der Waals surface area contributed by atoms with Gasteiger partial charge >= 0.3 is 0 Å². The zero-order valence-corrected chi connectivity index (χ0v) is 21.1. The number of hydrogen-bond donors (Lipinski definition) is 0. The summed E-state index contributed by atoms with van der Waals surface area (Å²) in [6.07, 6.45) is 0.810. The van der Waals surface area contributed by atoms with Crippen LogP contribution in [0.3, 0.4) is 0 Å². The fourth-order valence-electron chi connectivity index (χ4n) is 4.42. The van der Waals surface area contributed by atoms with Crippen LogP contribution >= 0.6 is 11.6 Å². The van der Waals surface area contributed by atoms with Crippen molar-refractivity contribution in [2.75, 3.05) is 0 Å². The van der Waals surface area contributed by atoms with Crippen molar-refractivity contribution in [3.05, 3.63) is 136 Å². The van der Waals surface area contributed by atoms with Crippen molar-refractivity contribution < 1.29 is 0 Å². The number of rotatable bonds is 5. The second kappa shape index (κ2) is 9.90. The molecule has 0 radical (unpaired) electrons. The number of aryl methyl sites for hydroxylation is 3. The minimum absolute atomic E-state index is 0.731. The van der Waals surface area contributed by atoms with Crippen LogP contribution in [0.25, 0.3) is 33.6 Å². The van der Waals surface area contributed by atoms with Crippen LogP contribution in [0, 0.1) is 20.8 Å². The van der Waals surface area contributed by atoms with Crippen LogP contribution in [-0.4, -0.2) is 4.98 Å². The van der Waals surface area contributed by atoms with Gasteiger partial charge < -0.3 is 0 Å². The summed E-state index contributed by atoms with van der Waals surface area (Å²) in [6.45, 7) is 6.43. The third-order valence-corrected chi connectivity index (χ3v) is 6.85. The van der Waals surface area contributed by atoms with Crippen molar-refractivity contribution in [3.8, 4) is 33.6 Å². The summed E-state index contributed by atoms with van der Waals surface area (Å²) in [5, 5.41) is 0.731. The average molecular weight is 474 g/mol. The lowest BCUT2D eigenvalue weighted by Gasteiger charge is -2.18. The number of nitrogens with zero attached hydrogens (tertiary/aromatic N) is 1. The molecule has 0 aliphatic heterocycles. The van der Waals surface area contributed by atoms with Crippen molar-refractivity contribution >= 4 is 11.6 Å². The molecular formula is C33H28ClN. The van der Waals surface area contributed by atoms with Gasteiger partial charge in [0.15, 0.2) is 0 Å². The molecule has 0 amide bonds. The van der Waals surface area contributed by atoms with E-state index in [4.69, 9.17) is 16.6 Å². The van der Waals surface area contributed by atoms with E-state index in [0.717, 1.165) is 45.1 Å². The van der Waals surface area contributed by atoms with Gasteiger partial charge in [-0.15, -0.1) is 0 Å². The fraction of sp³-hybridized carbons (Fsp3) is 0.121. The Morgan fingerprint density at radius 2 is 1.26 bits per heavy atom. The van der Waals surface area contributed by atoms with Crippen LogP contribution in [0.15, 0.2) is 103 Å². The highest BCUT2D eigenvalue weighted by atomic mass is 35.5. The molecule has 0 bridgehead atoms. The highest BCUT2D eigenvalue weighted by Crippen LogP contribution is 2.37. The Kier molecular flexibility index (Phi) is 6.53. The van der Waals surface area contributed by atoms with E-state index in [9.17, 15) is 0 Å². The molecule has 4 aromatic carbocycles. The summed E-state index contributed by atoms with van der Waals surface area (Å²) in [5.74, 6) is 0. The molecule has 0 fully saturated rings. The molecule has 1 aromatic heterocycles. The Morgan fingerprint density at radius 3 is 1.94 bits per heavy atom. The predicted molar refractivity (Wildman–Crippen MR) is 149 cm³/mol. The van der Waals surface area contributed by atoms with Gasteiger partial charge in [0.25, 0.3) is 0 Å². The molecular weight excluding hydrogens is 446 g/mol. The third kappa shape index (κ3) is 5.06. The third-order valence-electron chi connectivity index (χ3n) is 6.60. The maximum Gasteiger partial charge on any atom is 0.0788 e. The van der Waals surface area contributed by atoms with Gasteiger partial charge in [0.1, 0.15) is 0 Å². The van der Waals surface area contributed by atoms with E-state index in [1.807, 2.05) is 12.1 Å². The Hall–Kier alpha value is -3.68. The summed E-state index contributed by atoms with van der Waals surface area (Å²) >= 11 is 6.23. The Balaban J connectivity index is 1.78. The number of pyridine rings is 1. The quantitative estimate of drug-likeness (QED) is 0.248. The maximum absolute atomic E-state index is 6.23. The van der Waals surface area contributed by atoms with Crippen LogP contribution in [0.4, 0.5) is 0 Å². The van der Waals surface area contributed by atoms with E-state index >= 15 is 0 Å². The van der Waals surface area contributed by atoms with Crippen LogP contribution in [0.5, 0.6) is 0 Å². The van der Waals surface area contributed by atoms with E-state index in [-0.39, 0.29) is 0 Å². The lowest BCUT2D eigenvalue weighted by molar-refractivity contribution is 1.15. The van der Waals surface area contributed by atoms with E-state index in [0.29, 0.717) is 0 Å². The topological polar surface area (TPSA) is 12.9 Å². The first kappa shape index (κ1) is 23.1. The second-order valence-corrected chi connectivity index (χ2v) is 9.66. The van der Waals surface area contributed by atoms with Crippen molar-refractivity contribution in [2.45, 2.75) is 27.2 Å². The molecule has 0 N–H and O–H groups in total. The van der Waals surface area contributed by atoms with Gasteiger partial charge in [0.05, 0.1) is 11.4 Å². The van der Waals surface area contributed by atoms with Gasteiger partial charge in [-0.2, -0.15) is 0 Å². The Bertz CT molecular complexity index is 1470. The van der Waals surface area contributed by atoms with Crippen molar-refractivity contribution in [1.82, 2.24) is 4.98 Å². The lowest BCUT2D eigenvalue weighted by atomic mass is 9.91. The minimum Gasteiger partial charge on any atom is -0.247 e. The zero-order chi connectivity index (χ0) is 24.4.